The van der Waals surface area contributed by atoms with E-state index in [0.717, 1.165) is 6.07 Å². The van der Waals surface area contributed by atoms with Crippen LogP contribution in [0.3, 0.4) is 0 Å². The van der Waals surface area contributed by atoms with Crippen LogP contribution in [0.4, 0.5) is 8.78 Å². The van der Waals surface area contributed by atoms with Gasteiger partial charge in [-0.1, -0.05) is 13.0 Å². The average Bonchev–Trinajstić information content (AvgIpc) is 2.39. The Bertz CT molecular complexity index is 481. The molecule has 1 aromatic rings. The topological polar surface area (TPSA) is 49.3 Å². The molecule has 0 aromatic heterocycles. The van der Waals surface area contributed by atoms with Crippen molar-refractivity contribution in [3.63, 3.8) is 0 Å². The lowest BCUT2D eigenvalue weighted by Gasteiger charge is -2.22. The SMILES string of the molecule is CSC(CO)C(C)NC(=O)CC(C)c1ccc(F)cc1F. The summed E-state index contributed by atoms with van der Waals surface area (Å²) >= 11 is 1.47. The molecule has 0 fully saturated rings. The van der Waals surface area contributed by atoms with Crippen LogP contribution in [0.15, 0.2) is 18.2 Å². The summed E-state index contributed by atoms with van der Waals surface area (Å²) in [6.07, 6.45) is 1.97. The molecule has 2 N–H and O–H groups in total. The van der Waals surface area contributed by atoms with Crippen molar-refractivity contribution in [1.82, 2.24) is 5.32 Å². The number of aliphatic hydroxyl groups excluding tert-OH is 1. The standard InChI is InChI=1S/C15H21F2NO2S/c1-9(12-5-4-11(16)7-13(12)17)6-15(20)18-10(2)14(8-19)21-3/h4-5,7,9-10,14,19H,6,8H2,1-3H3,(H,18,20). The van der Waals surface area contributed by atoms with E-state index in [1.807, 2.05) is 13.2 Å². The second-order valence-corrected chi connectivity index (χ2v) is 6.16. The van der Waals surface area contributed by atoms with Crippen LogP contribution < -0.4 is 5.32 Å². The lowest BCUT2D eigenvalue weighted by molar-refractivity contribution is -0.122. The van der Waals surface area contributed by atoms with E-state index in [0.29, 0.717) is 5.56 Å². The van der Waals surface area contributed by atoms with E-state index in [1.165, 1.54) is 23.9 Å². The van der Waals surface area contributed by atoms with E-state index < -0.39 is 11.6 Å². The molecule has 0 heterocycles. The van der Waals surface area contributed by atoms with Gasteiger partial charge >= 0.3 is 0 Å². The number of thioether (sulfide) groups is 1. The number of rotatable bonds is 7. The number of carbonyl (C=O) groups is 1. The van der Waals surface area contributed by atoms with Crippen molar-refractivity contribution < 1.29 is 18.7 Å². The normalized spacial score (nSPS) is 15.3. The van der Waals surface area contributed by atoms with E-state index in [2.05, 4.69) is 5.32 Å². The highest BCUT2D eigenvalue weighted by Gasteiger charge is 2.20. The number of hydrogen-bond donors (Lipinski definition) is 2. The predicted molar refractivity (Wildman–Crippen MR) is 81.4 cm³/mol. The van der Waals surface area contributed by atoms with E-state index in [1.54, 1.807) is 6.92 Å². The summed E-state index contributed by atoms with van der Waals surface area (Å²) in [5.41, 5.74) is 0.322. The van der Waals surface area contributed by atoms with Gasteiger partial charge in [0.1, 0.15) is 11.6 Å². The molecule has 1 aromatic carbocycles. The first kappa shape index (κ1) is 17.9. The second kappa shape index (κ2) is 8.34. The molecular weight excluding hydrogens is 296 g/mol. The molecule has 0 aliphatic heterocycles. The molecule has 6 heteroatoms. The summed E-state index contributed by atoms with van der Waals surface area (Å²) in [6.45, 7) is 3.52. The molecule has 1 amide bonds. The molecule has 0 bridgehead atoms. The Hall–Kier alpha value is -1.14. The number of carbonyl (C=O) groups excluding carboxylic acids is 1. The van der Waals surface area contributed by atoms with Gasteiger partial charge in [0, 0.05) is 23.8 Å². The molecule has 3 unspecified atom stereocenters. The lowest BCUT2D eigenvalue weighted by Crippen LogP contribution is -2.41. The highest BCUT2D eigenvalue weighted by Crippen LogP contribution is 2.23. The minimum Gasteiger partial charge on any atom is -0.395 e. The molecule has 0 radical (unpaired) electrons. The third-order valence-electron chi connectivity index (χ3n) is 3.41. The first-order valence-corrected chi connectivity index (χ1v) is 8.05. The van der Waals surface area contributed by atoms with Gasteiger partial charge in [-0.25, -0.2) is 8.78 Å². The Morgan fingerprint density at radius 2 is 2.05 bits per heavy atom. The van der Waals surface area contributed by atoms with Crippen LogP contribution in [0.5, 0.6) is 0 Å². The minimum atomic E-state index is -0.638. The van der Waals surface area contributed by atoms with Gasteiger partial charge in [0.15, 0.2) is 0 Å². The molecular formula is C15H21F2NO2S. The molecule has 3 atom stereocenters. The Morgan fingerprint density at radius 3 is 2.57 bits per heavy atom. The Kier molecular flexibility index (Phi) is 7.11. The van der Waals surface area contributed by atoms with Crippen molar-refractivity contribution in [2.24, 2.45) is 0 Å². The number of halogens is 2. The van der Waals surface area contributed by atoms with Crippen molar-refractivity contribution in [1.29, 1.82) is 0 Å². The third kappa shape index (κ3) is 5.28. The zero-order valence-corrected chi connectivity index (χ0v) is 13.2. The summed E-state index contributed by atoms with van der Waals surface area (Å²) in [7, 11) is 0. The van der Waals surface area contributed by atoms with Crippen LogP contribution in [-0.4, -0.2) is 35.2 Å². The fourth-order valence-electron chi connectivity index (χ4n) is 2.13. The van der Waals surface area contributed by atoms with Crippen LogP contribution in [0.1, 0.15) is 31.7 Å². The van der Waals surface area contributed by atoms with Crippen molar-refractivity contribution >= 4 is 17.7 Å². The van der Waals surface area contributed by atoms with Gasteiger partial charge < -0.3 is 10.4 Å². The van der Waals surface area contributed by atoms with Gasteiger partial charge in [-0.05, 0) is 30.7 Å². The van der Waals surface area contributed by atoms with E-state index >= 15 is 0 Å². The number of aliphatic hydroxyl groups is 1. The van der Waals surface area contributed by atoms with Crippen LogP contribution in [0.25, 0.3) is 0 Å². The maximum Gasteiger partial charge on any atom is 0.220 e. The maximum atomic E-state index is 13.6. The quantitative estimate of drug-likeness (QED) is 0.813. The first-order valence-electron chi connectivity index (χ1n) is 6.77. The highest BCUT2D eigenvalue weighted by molar-refractivity contribution is 7.99. The second-order valence-electron chi connectivity index (χ2n) is 5.08. The van der Waals surface area contributed by atoms with Crippen molar-refractivity contribution in [2.75, 3.05) is 12.9 Å². The molecule has 0 saturated carbocycles. The smallest absolute Gasteiger partial charge is 0.220 e. The molecule has 0 saturated heterocycles. The summed E-state index contributed by atoms with van der Waals surface area (Å²) in [6, 6.07) is 3.19. The Balaban J connectivity index is 2.61. The average molecular weight is 317 g/mol. The Morgan fingerprint density at radius 1 is 1.38 bits per heavy atom. The molecule has 1 rings (SSSR count). The lowest BCUT2D eigenvalue weighted by atomic mass is 9.96. The van der Waals surface area contributed by atoms with Gasteiger partial charge in [0.25, 0.3) is 0 Å². The summed E-state index contributed by atoms with van der Waals surface area (Å²) < 4.78 is 26.5. The Labute approximate surface area is 128 Å². The zero-order valence-electron chi connectivity index (χ0n) is 12.4. The van der Waals surface area contributed by atoms with Gasteiger partial charge in [0.2, 0.25) is 5.91 Å². The number of hydrogen-bond acceptors (Lipinski definition) is 3. The van der Waals surface area contributed by atoms with Crippen LogP contribution in [0.2, 0.25) is 0 Å². The summed E-state index contributed by atoms with van der Waals surface area (Å²) in [5.74, 6) is -1.83. The van der Waals surface area contributed by atoms with Gasteiger partial charge in [0.05, 0.1) is 6.61 Å². The first-order chi connectivity index (χ1) is 9.88. The summed E-state index contributed by atoms with van der Waals surface area (Å²) in [5, 5.41) is 11.9. The summed E-state index contributed by atoms with van der Waals surface area (Å²) in [4.78, 5) is 12.0. The van der Waals surface area contributed by atoms with Crippen LogP contribution >= 0.6 is 11.8 Å². The van der Waals surface area contributed by atoms with Gasteiger partial charge in [-0.2, -0.15) is 11.8 Å². The number of nitrogens with one attached hydrogen (secondary N) is 1. The van der Waals surface area contributed by atoms with Gasteiger partial charge in [-0.15, -0.1) is 0 Å². The molecule has 0 aliphatic carbocycles. The predicted octanol–water partition coefficient (Wildman–Crippen LogP) is 2.69. The van der Waals surface area contributed by atoms with E-state index in [9.17, 15) is 18.7 Å². The molecule has 0 aliphatic rings. The van der Waals surface area contributed by atoms with Crippen molar-refractivity contribution in [2.45, 2.75) is 37.5 Å². The molecule has 3 nitrogen and oxygen atoms in total. The highest BCUT2D eigenvalue weighted by atomic mass is 32.2. The largest absolute Gasteiger partial charge is 0.395 e. The third-order valence-corrected chi connectivity index (χ3v) is 4.58. The zero-order chi connectivity index (χ0) is 16.0. The maximum absolute atomic E-state index is 13.6. The van der Waals surface area contributed by atoms with Crippen molar-refractivity contribution in [3.8, 4) is 0 Å². The van der Waals surface area contributed by atoms with E-state index in [-0.39, 0.29) is 36.1 Å². The fourth-order valence-corrected chi connectivity index (χ4v) is 2.76. The number of benzene rings is 1. The molecule has 118 valence electrons. The van der Waals surface area contributed by atoms with Crippen molar-refractivity contribution in [3.05, 3.63) is 35.4 Å². The molecule has 21 heavy (non-hydrogen) atoms. The van der Waals surface area contributed by atoms with Gasteiger partial charge in [-0.3, -0.25) is 4.79 Å². The molecule has 0 spiro atoms. The fraction of sp³-hybridized carbons (Fsp3) is 0.533. The minimum absolute atomic E-state index is 0.0231. The van der Waals surface area contributed by atoms with Crippen LogP contribution in [0, 0.1) is 11.6 Å². The van der Waals surface area contributed by atoms with E-state index in [4.69, 9.17) is 0 Å². The monoisotopic (exact) mass is 317 g/mol. The van der Waals surface area contributed by atoms with Crippen LogP contribution in [-0.2, 0) is 4.79 Å². The number of amides is 1.